The van der Waals surface area contributed by atoms with Crippen molar-refractivity contribution < 1.29 is 14.5 Å². The number of rotatable bonds is 6. The van der Waals surface area contributed by atoms with E-state index in [9.17, 15) is 14.9 Å². The normalized spacial score (nSPS) is 11.6. The molecule has 0 heterocycles. The molecule has 7 heteroatoms. The number of nitro groups is 1. The number of esters is 1. The molecule has 0 saturated heterocycles. The largest absolute Gasteiger partial charge is 0.467 e. The Kier molecular flexibility index (Phi) is 5.67. The molecule has 0 fully saturated rings. The molecular formula is C14H17N3O4. The first-order valence-electron chi connectivity index (χ1n) is 6.42. The number of nitrogens with one attached hydrogen (secondary N) is 1. The minimum absolute atomic E-state index is 0.0573. The van der Waals surface area contributed by atoms with Crippen LogP contribution < -0.4 is 5.32 Å². The number of benzene rings is 1. The lowest BCUT2D eigenvalue weighted by Gasteiger charge is -2.19. The number of carbonyl (C=O) groups excluding carboxylic acids is 1. The number of nitrogens with zero attached hydrogens (tertiary/aromatic N) is 2. The van der Waals surface area contributed by atoms with Crippen LogP contribution in [-0.4, -0.2) is 24.0 Å². The molecule has 1 aromatic carbocycles. The number of anilines is 1. The number of methoxy groups -OCH3 is 1. The van der Waals surface area contributed by atoms with Crippen LogP contribution in [-0.2, 0) is 9.53 Å². The van der Waals surface area contributed by atoms with Gasteiger partial charge in [0.1, 0.15) is 17.7 Å². The highest BCUT2D eigenvalue weighted by Gasteiger charge is 2.21. The predicted octanol–water partition coefficient (Wildman–Crippen LogP) is 2.47. The first-order valence-corrected chi connectivity index (χ1v) is 6.42. The topological polar surface area (TPSA) is 105 Å². The molecule has 0 bridgehead atoms. The van der Waals surface area contributed by atoms with Crippen LogP contribution in [0.25, 0.3) is 0 Å². The minimum atomic E-state index is -0.617. The molecule has 0 radical (unpaired) electrons. The van der Waals surface area contributed by atoms with E-state index in [0.29, 0.717) is 12.1 Å². The lowest BCUT2D eigenvalue weighted by molar-refractivity contribution is -0.385. The van der Waals surface area contributed by atoms with Crippen molar-refractivity contribution in [3.05, 3.63) is 33.9 Å². The summed E-state index contributed by atoms with van der Waals surface area (Å²) in [6, 6.07) is 5.27. The van der Waals surface area contributed by atoms with Crippen molar-refractivity contribution in [2.75, 3.05) is 12.4 Å². The van der Waals surface area contributed by atoms with Gasteiger partial charge < -0.3 is 10.1 Å². The summed E-state index contributed by atoms with van der Waals surface area (Å²) in [6.07, 6.45) is 0.547. The van der Waals surface area contributed by atoms with Crippen LogP contribution in [0.5, 0.6) is 0 Å². The Hall–Kier alpha value is -2.62. The fourth-order valence-electron chi connectivity index (χ4n) is 1.90. The van der Waals surface area contributed by atoms with Gasteiger partial charge in [-0.3, -0.25) is 10.1 Å². The second-order valence-electron chi connectivity index (χ2n) is 4.95. The van der Waals surface area contributed by atoms with Gasteiger partial charge in [-0.05, 0) is 24.5 Å². The van der Waals surface area contributed by atoms with E-state index in [4.69, 9.17) is 10.00 Å². The number of hydrogen-bond donors (Lipinski definition) is 1. The van der Waals surface area contributed by atoms with Crippen LogP contribution in [0.3, 0.4) is 0 Å². The maximum Gasteiger partial charge on any atom is 0.328 e. The van der Waals surface area contributed by atoms with Gasteiger partial charge in [-0.25, -0.2) is 4.79 Å². The van der Waals surface area contributed by atoms with E-state index in [1.54, 1.807) is 6.07 Å². The van der Waals surface area contributed by atoms with Crippen LogP contribution in [0.1, 0.15) is 25.8 Å². The highest BCUT2D eigenvalue weighted by molar-refractivity contribution is 5.79. The molecule has 0 saturated carbocycles. The van der Waals surface area contributed by atoms with Crippen molar-refractivity contribution in [1.82, 2.24) is 0 Å². The lowest BCUT2D eigenvalue weighted by atomic mass is 10.0. The van der Waals surface area contributed by atoms with E-state index in [1.807, 2.05) is 13.8 Å². The Bertz CT molecular complexity index is 578. The van der Waals surface area contributed by atoms with Crippen molar-refractivity contribution >= 4 is 17.3 Å². The van der Waals surface area contributed by atoms with Gasteiger partial charge >= 0.3 is 5.97 Å². The Labute approximate surface area is 122 Å². The summed E-state index contributed by atoms with van der Waals surface area (Å²) in [5.74, 6) is -0.157. The van der Waals surface area contributed by atoms with Crippen molar-refractivity contribution in [3.63, 3.8) is 0 Å². The van der Waals surface area contributed by atoms with E-state index < -0.39 is 16.9 Å². The van der Waals surface area contributed by atoms with E-state index in [-0.39, 0.29) is 17.2 Å². The zero-order valence-electron chi connectivity index (χ0n) is 12.1. The monoisotopic (exact) mass is 291 g/mol. The molecule has 112 valence electrons. The van der Waals surface area contributed by atoms with Gasteiger partial charge in [0.2, 0.25) is 0 Å². The van der Waals surface area contributed by atoms with E-state index in [0.717, 1.165) is 0 Å². The maximum atomic E-state index is 11.7. The molecule has 0 spiro atoms. The third kappa shape index (κ3) is 4.45. The molecule has 21 heavy (non-hydrogen) atoms. The summed E-state index contributed by atoms with van der Waals surface area (Å²) in [4.78, 5) is 21.9. The van der Waals surface area contributed by atoms with Crippen molar-refractivity contribution in [3.8, 4) is 6.07 Å². The van der Waals surface area contributed by atoms with Gasteiger partial charge in [-0.2, -0.15) is 5.26 Å². The molecule has 1 rings (SSSR count). The molecule has 0 aliphatic rings. The molecular weight excluding hydrogens is 274 g/mol. The maximum absolute atomic E-state index is 11.7. The first-order chi connectivity index (χ1) is 9.88. The zero-order valence-corrected chi connectivity index (χ0v) is 12.1. The van der Waals surface area contributed by atoms with Crippen LogP contribution in [0.4, 0.5) is 11.4 Å². The molecule has 1 N–H and O–H groups in total. The fraction of sp³-hybridized carbons (Fsp3) is 0.429. The van der Waals surface area contributed by atoms with Gasteiger partial charge in [0.25, 0.3) is 5.69 Å². The highest BCUT2D eigenvalue weighted by atomic mass is 16.6. The quantitative estimate of drug-likeness (QED) is 0.490. The third-order valence-electron chi connectivity index (χ3n) is 2.85. The highest BCUT2D eigenvalue weighted by Crippen LogP contribution is 2.23. The summed E-state index contributed by atoms with van der Waals surface area (Å²) >= 11 is 0. The molecule has 0 amide bonds. The summed E-state index contributed by atoms with van der Waals surface area (Å²) in [7, 11) is 1.30. The summed E-state index contributed by atoms with van der Waals surface area (Å²) in [6.45, 7) is 3.93. The summed E-state index contributed by atoms with van der Waals surface area (Å²) < 4.78 is 4.73. The minimum Gasteiger partial charge on any atom is -0.467 e. The molecule has 0 aromatic heterocycles. The summed E-state index contributed by atoms with van der Waals surface area (Å²) in [5.41, 5.74) is 0.146. The first kappa shape index (κ1) is 16.4. The Balaban J connectivity index is 3.02. The number of nitriles is 1. The Morgan fingerprint density at radius 2 is 2.19 bits per heavy atom. The predicted molar refractivity (Wildman–Crippen MR) is 76.7 cm³/mol. The van der Waals surface area contributed by atoms with E-state index in [1.165, 1.54) is 25.3 Å². The number of carbonyl (C=O) groups is 1. The number of hydrogen-bond acceptors (Lipinski definition) is 6. The standard InChI is InChI=1S/C14H17N3O4/c1-9(2)6-12(14(18)21-3)16-11-4-5-13(17(19)20)10(7-11)8-15/h4-5,7,9,12,16H,6H2,1-3H3. The van der Waals surface area contributed by atoms with E-state index in [2.05, 4.69) is 5.32 Å². The summed E-state index contributed by atoms with van der Waals surface area (Å²) in [5, 5.41) is 22.7. The van der Waals surface area contributed by atoms with Crippen LogP contribution in [0, 0.1) is 27.4 Å². The molecule has 1 aromatic rings. The fourth-order valence-corrected chi connectivity index (χ4v) is 1.90. The lowest BCUT2D eigenvalue weighted by Crippen LogP contribution is -2.32. The van der Waals surface area contributed by atoms with Crippen molar-refractivity contribution in [2.24, 2.45) is 5.92 Å². The molecule has 0 aliphatic heterocycles. The van der Waals surface area contributed by atoms with Crippen molar-refractivity contribution in [2.45, 2.75) is 26.3 Å². The number of ether oxygens (including phenoxy) is 1. The van der Waals surface area contributed by atoms with Gasteiger partial charge in [0.05, 0.1) is 12.0 Å². The number of nitro benzene ring substituents is 1. The van der Waals surface area contributed by atoms with Gasteiger partial charge in [-0.1, -0.05) is 13.8 Å². The van der Waals surface area contributed by atoms with Crippen LogP contribution in [0.2, 0.25) is 0 Å². The van der Waals surface area contributed by atoms with Crippen LogP contribution >= 0.6 is 0 Å². The SMILES string of the molecule is COC(=O)C(CC(C)C)Nc1ccc([N+](=O)[O-])c(C#N)c1. The zero-order chi connectivity index (χ0) is 16.0. The second kappa shape index (κ2) is 7.24. The Morgan fingerprint density at radius 3 is 2.67 bits per heavy atom. The van der Waals surface area contributed by atoms with Crippen LogP contribution in [0.15, 0.2) is 18.2 Å². The van der Waals surface area contributed by atoms with Gasteiger partial charge in [0.15, 0.2) is 0 Å². The average Bonchev–Trinajstić information content (AvgIpc) is 2.44. The molecule has 1 atom stereocenters. The third-order valence-corrected chi connectivity index (χ3v) is 2.85. The molecule has 1 unspecified atom stereocenters. The van der Waals surface area contributed by atoms with Gasteiger partial charge in [0, 0.05) is 11.8 Å². The second-order valence-corrected chi connectivity index (χ2v) is 4.95. The van der Waals surface area contributed by atoms with Crippen molar-refractivity contribution in [1.29, 1.82) is 5.26 Å². The average molecular weight is 291 g/mol. The van der Waals surface area contributed by atoms with Gasteiger partial charge in [-0.15, -0.1) is 0 Å². The van der Waals surface area contributed by atoms with E-state index >= 15 is 0 Å². The molecule has 0 aliphatic carbocycles. The molecule has 7 nitrogen and oxygen atoms in total. The smallest absolute Gasteiger partial charge is 0.328 e. The Morgan fingerprint density at radius 1 is 1.52 bits per heavy atom.